The molecule has 1 N–H and O–H groups in total. The highest BCUT2D eigenvalue weighted by molar-refractivity contribution is 5.74. The molecule has 4 aromatic rings. The van der Waals surface area contributed by atoms with Crippen LogP contribution in [0.3, 0.4) is 0 Å². The van der Waals surface area contributed by atoms with Gasteiger partial charge < -0.3 is 9.88 Å². The summed E-state index contributed by atoms with van der Waals surface area (Å²) in [4.78, 5) is 30.5. The van der Waals surface area contributed by atoms with E-state index in [1.165, 1.54) is 12.1 Å². The Kier molecular flexibility index (Phi) is 4.82. The number of nitro groups is 1. The molecular formula is C23H22N6O2. The number of rotatable bonds is 4. The number of imidazole rings is 1. The van der Waals surface area contributed by atoms with E-state index in [-0.39, 0.29) is 5.69 Å². The van der Waals surface area contributed by atoms with Crippen molar-refractivity contribution < 1.29 is 4.92 Å². The van der Waals surface area contributed by atoms with E-state index in [1.54, 1.807) is 12.1 Å². The number of nitro benzene ring substituents is 1. The van der Waals surface area contributed by atoms with E-state index in [0.717, 1.165) is 54.3 Å². The summed E-state index contributed by atoms with van der Waals surface area (Å²) in [6, 6.07) is 16.5. The Morgan fingerprint density at radius 3 is 2.61 bits per heavy atom. The molecule has 1 fully saturated rings. The molecular weight excluding hydrogens is 392 g/mol. The van der Waals surface area contributed by atoms with Crippen LogP contribution >= 0.6 is 0 Å². The maximum absolute atomic E-state index is 11.1. The molecule has 1 saturated heterocycles. The number of hydrogen-bond donors (Lipinski definition) is 1. The van der Waals surface area contributed by atoms with E-state index in [0.29, 0.717) is 17.3 Å². The predicted octanol–water partition coefficient (Wildman–Crippen LogP) is 4.62. The maximum Gasteiger partial charge on any atom is 0.270 e. The zero-order chi connectivity index (χ0) is 21.4. The van der Waals surface area contributed by atoms with Crippen LogP contribution in [-0.4, -0.2) is 37.9 Å². The van der Waals surface area contributed by atoms with Gasteiger partial charge in [0.15, 0.2) is 5.82 Å². The normalized spacial score (nSPS) is 14.8. The molecule has 2 aromatic carbocycles. The van der Waals surface area contributed by atoms with Gasteiger partial charge in [-0.15, -0.1) is 0 Å². The number of para-hydroxylation sites is 2. The molecule has 8 heteroatoms. The molecule has 0 saturated carbocycles. The predicted molar refractivity (Wildman–Crippen MR) is 119 cm³/mol. The number of non-ortho nitro benzene ring substituents is 1. The topological polar surface area (TPSA) is 101 Å². The summed E-state index contributed by atoms with van der Waals surface area (Å²) in [5, 5.41) is 11.1. The second-order valence-electron chi connectivity index (χ2n) is 7.90. The van der Waals surface area contributed by atoms with Gasteiger partial charge in [-0.25, -0.2) is 15.0 Å². The quantitative estimate of drug-likeness (QED) is 0.386. The highest BCUT2D eigenvalue weighted by Gasteiger charge is 2.24. The number of benzene rings is 2. The zero-order valence-corrected chi connectivity index (χ0v) is 17.2. The van der Waals surface area contributed by atoms with Crippen LogP contribution in [0, 0.1) is 17.0 Å². The molecule has 0 unspecified atom stereocenters. The molecule has 0 atom stereocenters. The summed E-state index contributed by atoms with van der Waals surface area (Å²) in [6.07, 6.45) is 1.96. The Bertz CT molecular complexity index is 1230. The molecule has 5 rings (SSSR count). The minimum absolute atomic E-state index is 0.0378. The first-order chi connectivity index (χ1) is 15.1. The first-order valence-electron chi connectivity index (χ1n) is 10.4. The molecule has 0 bridgehead atoms. The van der Waals surface area contributed by atoms with Gasteiger partial charge in [0.05, 0.1) is 16.0 Å². The van der Waals surface area contributed by atoms with Gasteiger partial charge in [-0.05, 0) is 31.9 Å². The zero-order valence-electron chi connectivity index (χ0n) is 17.2. The number of piperidine rings is 1. The van der Waals surface area contributed by atoms with Crippen LogP contribution < -0.4 is 4.90 Å². The number of aryl methyl sites for hydroxylation is 1. The fourth-order valence-electron chi connectivity index (χ4n) is 4.15. The molecule has 1 aliphatic rings. The molecule has 0 aliphatic carbocycles. The summed E-state index contributed by atoms with van der Waals surface area (Å²) in [6.45, 7) is 3.66. The molecule has 156 valence electrons. The van der Waals surface area contributed by atoms with Crippen molar-refractivity contribution in [3.05, 3.63) is 76.2 Å². The van der Waals surface area contributed by atoms with Gasteiger partial charge in [0.2, 0.25) is 0 Å². The molecule has 1 aliphatic heterocycles. The molecule has 3 heterocycles. The second kappa shape index (κ2) is 7.79. The molecule has 0 spiro atoms. The van der Waals surface area contributed by atoms with Crippen molar-refractivity contribution in [1.29, 1.82) is 0 Å². The fourth-order valence-corrected chi connectivity index (χ4v) is 4.15. The van der Waals surface area contributed by atoms with Crippen LogP contribution in [0.15, 0.2) is 54.6 Å². The highest BCUT2D eigenvalue weighted by Crippen LogP contribution is 2.31. The lowest BCUT2D eigenvalue weighted by atomic mass is 9.96. The molecule has 31 heavy (non-hydrogen) atoms. The van der Waals surface area contributed by atoms with Crippen LogP contribution in [0.25, 0.3) is 22.4 Å². The van der Waals surface area contributed by atoms with Gasteiger partial charge >= 0.3 is 0 Å². The number of H-pyrrole nitrogens is 1. The van der Waals surface area contributed by atoms with Crippen LogP contribution in [0.1, 0.15) is 30.3 Å². The number of nitrogens with one attached hydrogen (secondary N) is 1. The van der Waals surface area contributed by atoms with Gasteiger partial charge in [0.1, 0.15) is 11.6 Å². The number of hydrogen-bond acceptors (Lipinski definition) is 6. The molecule has 0 amide bonds. The summed E-state index contributed by atoms with van der Waals surface area (Å²) in [7, 11) is 0. The van der Waals surface area contributed by atoms with E-state index in [1.807, 2.05) is 31.2 Å². The average molecular weight is 414 g/mol. The SMILES string of the molecule is Cc1cc(N2CCC(c3nc4ccccc4[nH]3)CC2)nc(-c2cccc([N+](=O)[O-])c2)n1. The number of fused-ring (bicyclic) bond motifs is 1. The number of aromatic nitrogens is 4. The van der Waals surface area contributed by atoms with Crippen molar-refractivity contribution in [2.24, 2.45) is 0 Å². The van der Waals surface area contributed by atoms with Gasteiger partial charge in [-0.1, -0.05) is 24.3 Å². The summed E-state index contributed by atoms with van der Waals surface area (Å²) < 4.78 is 0. The Hall–Kier alpha value is -3.81. The lowest BCUT2D eigenvalue weighted by Crippen LogP contribution is -2.34. The highest BCUT2D eigenvalue weighted by atomic mass is 16.6. The number of aromatic amines is 1. The molecule has 8 nitrogen and oxygen atoms in total. The maximum atomic E-state index is 11.1. The minimum Gasteiger partial charge on any atom is -0.356 e. The smallest absolute Gasteiger partial charge is 0.270 e. The third kappa shape index (κ3) is 3.84. The summed E-state index contributed by atoms with van der Waals surface area (Å²) in [5.74, 6) is 2.81. The van der Waals surface area contributed by atoms with E-state index >= 15 is 0 Å². The Labute approximate surface area is 179 Å². The third-order valence-electron chi connectivity index (χ3n) is 5.77. The van der Waals surface area contributed by atoms with Crippen molar-refractivity contribution in [2.75, 3.05) is 18.0 Å². The Balaban J connectivity index is 1.35. The first-order valence-corrected chi connectivity index (χ1v) is 10.4. The third-order valence-corrected chi connectivity index (χ3v) is 5.77. The van der Waals surface area contributed by atoms with Crippen molar-refractivity contribution in [3.8, 4) is 11.4 Å². The summed E-state index contributed by atoms with van der Waals surface area (Å²) >= 11 is 0. The van der Waals surface area contributed by atoms with Gasteiger partial charge in [-0.3, -0.25) is 10.1 Å². The van der Waals surface area contributed by atoms with Crippen LogP contribution in [-0.2, 0) is 0 Å². The number of anilines is 1. The minimum atomic E-state index is -0.400. The average Bonchev–Trinajstić information content (AvgIpc) is 3.23. The molecule has 0 radical (unpaired) electrons. The van der Waals surface area contributed by atoms with Crippen LogP contribution in [0.5, 0.6) is 0 Å². The van der Waals surface area contributed by atoms with E-state index < -0.39 is 4.92 Å². The van der Waals surface area contributed by atoms with Crippen molar-refractivity contribution in [2.45, 2.75) is 25.7 Å². The lowest BCUT2D eigenvalue weighted by Gasteiger charge is -2.32. The van der Waals surface area contributed by atoms with Gasteiger partial charge in [-0.2, -0.15) is 0 Å². The lowest BCUT2D eigenvalue weighted by molar-refractivity contribution is -0.384. The molecule has 2 aromatic heterocycles. The largest absolute Gasteiger partial charge is 0.356 e. The van der Waals surface area contributed by atoms with Gasteiger partial charge in [0.25, 0.3) is 5.69 Å². The van der Waals surface area contributed by atoms with E-state index in [4.69, 9.17) is 9.97 Å². The standard InChI is InChI=1S/C23H22N6O2/c1-15-13-21(27-23(24-15)17-5-4-6-18(14-17)29(30)31)28-11-9-16(10-12-28)22-25-19-7-2-3-8-20(19)26-22/h2-8,13-14,16H,9-12H2,1H3,(H,25,26). The van der Waals surface area contributed by atoms with Gasteiger partial charge in [0, 0.05) is 48.5 Å². The number of nitrogens with zero attached hydrogens (tertiary/aromatic N) is 5. The summed E-state index contributed by atoms with van der Waals surface area (Å²) in [5.41, 5.74) is 3.61. The van der Waals surface area contributed by atoms with Crippen LogP contribution in [0.4, 0.5) is 11.5 Å². The van der Waals surface area contributed by atoms with Crippen molar-refractivity contribution >= 4 is 22.5 Å². The fraction of sp³-hybridized carbons (Fsp3) is 0.261. The second-order valence-corrected chi connectivity index (χ2v) is 7.90. The monoisotopic (exact) mass is 414 g/mol. The first kappa shape index (κ1) is 19.2. The Morgan fingerprint density at radius 2 is 1.84 bits per heavy atom. The van der Waals surface area contributed by atoms with E-state index in [2.05, 4.69) is 20.9 Å². The van der Waals surface area contributed by atoms with Crippen LogP contribution in [0.2, 0.25) is 0 Å². The van der Waals surface area contributed by atoms with Crippen molar-refractivity contribution in [3.63, 3.8) is 0 Å². The van der Waals surface area contributed by atoms with Crippen molar-refractivity contribution in [1.82, 2.24) is 19.9 Å². The van der Waals surface area contributed by atoms with E-state index in [9.17, 15) is 10.1 Å². The Morgan fingerprint density at radius 1 is 1.03 bits per heavy atom.